The lowest BCUT2D eigenvalue weighted by Crippen LogP contribution is -2.22. The van der Waals surface area contributed by atoms with Crippen molar-refractivity contribution in [2.75, 3.05) is 31.7 Å². The molecule has 0 unspecified atom stereocenters. The summed E-state index contributed by atoms with van der Waals surface area (Å²) < 4.78 is 5.48. The summed E-state index contributed by atoms with van der Waals surface area (Å²) in [6, 6.07) is 12.7. The summed E-state index contributed by atoms with van der Waals surface area (Å²) in [5.74, 6) is 2.26. The molecule has 1 aromatic carbocycles. The van der Waals surface area contributed by atoms with Crippen LogP contribution in [-0.2, 0) is 11.2 Å². The molecule has 0 radical (unpaired) electrons. The maximum Gasteiger partial charge on any atom is 0.132 e. The number of aryl methyl sites for hydroxylation is 1. The summed E-state index contributed by atoms with van der Waals surface area (Å²) in [6.07, 6.45) is 2.08. The summed E-state index contributed by atoms with van der Waals surface area (Å²) in [7, 11) is 2.10. The van der Waals surface area contributed by atoms with Gasteiger partial charge in [0, 0.05) is 32.2 Å². The van der Waals surface area contributed by atoms with Crippen LogP contribution in [0.3, 0.4) is 0 Å². The molecule has 0 aliphatic carbocycles. The SMILES string of the molecule is Cc1nc([C@H]2CCOC2)cc(N(C)CCc2ccccc2)n1. The largest absolute Gasteiger partial charge is 0.381 e. The van der Waals surface area contributed by atoms with Crippen LogP contribution in [-0.4, -0.2) is 36.8 Å². The molecule has 0 spiro atoms. The quantitative estimate of drug-likeness (QED) is 0.850. The van der Waals surface area contributed by atoms with Crippen molar-refractivity contribution < 1.29 is 4.74 Å². The summed E-state index contributed by atoms with van der Waals surface area (Å²) >= 11 is 0. The summed E-state index contributed by atoms with van der Waals surface area (Å²) in [4.78, 5) is 11.4. The molecule has 1 atom stereocenters. The Morgan fingerprint density at radius 1 is 1.23 bits per heavy atom. The van der Waals surface area contributed by atoms with Crippen molar-refractivity contribution in [1.29, 1.82) is 0 Å². The van der Waals surface area contributed by atoms with Gasteiger partial charge in [-0.15, -0.1) is 0 Å². The summed E-state index contributed by atoms with van der Waals surface area (Å²) in [5, 5.41) is 0. The Morgan fingerprint density at radius 2 is 2.05 bits per heavy atom. The van der Waals surface area contributed by atoms with Gasteiger partial charge >= 0.3 is 0 Å². The van der Waals surface area contributed by atoms with Gasteiger partial charge in [-0.05, 0) is 25.3 Å². The van der Waals surface area contributed by atoms with Crippen LogP contribution in [0.15, 0.2) is 36.4 Å². The molecule has 22 heavy (non-hydrogen) atoms. The van der Waals surface area contributed by atoms with Crippen molar-refractivity contribution in [3.05, 3.63) is 53.5 Å². The second kappa shape index (κ2) is 6.88. The van der Waals surface area contributed by atoms with Gasteiger partial charge in [-0.25, -0.2) is 9.97 Å². The van der Waals surface area contributed by atoms with Crippen LogP contribution >= 0.6 is 0 Å². The lowest BCUT2D eigenvalue weighted by molar-refractivity contribution is 0.193. The van der Waals surface area contributed by atoms with Crippen LogP contribution in [0.4, 0.5) is 5.82 Å². The maximum atomic E-state index is 5.48. The normalized spacial score (nSPS) is 17.6. The number of rotatable bonds is 5. The third-order valence-corrected chi connectivity index (χ3v) is 4.16. The number of likely N-dealkylation sites (N-methyl/N-ethyl adjacent to an activating group) is 1. The van der Waals surface area contributed by atoms with E-state index in [0.29, 0.717) is 5.92 Å². The number of aromatic nitrogens is 2. The van der Waals surface area contributed by atoms with E-state index in [2.05, 4.69) is 58.3 Å². The Kier molecular flexibility index (Phi) is 4.68. The number of benzene rings is 1. The molecule has 1 aliphatic heterocycles. The van der Waals surface area contributed by atoms with Gasteiger partial charge in [0.15, 0.2) is 0 Å². The highest BCUT2D eigenvalue weighted by Gasteiger charge is 2.20. The summed E-state index contributed by atoms with van der Waals surface area (Å²) in [5.41, 5.74) is 2.47. The monoisotopic (exact) mass is 297 g/mol. The van der Waals surface area contributed by atoms with Gasteiger partial charge in [0.2, 0.25) is 0 Å². The minimum absolute atomic E-state index is 0.419. The average Bonchev–Trinajstić information content (AvgIpc) is 3.07. The van der Waals surface area contributed by atoms with Crippen LogP contribution in [0.25, 0.3) is 0 Å². The van der Waals surface area contributed by atoms with E-state index in [0.717, 1.165) is 49.9 Å². The molecule has 0 saturated carbocycles. The molecule has 3 rings (SSSR count). The van der Waals surface area contributed by atoms with E-state index in [1.165, 1.54) is 5.56 Å². The van der Waals surface area contributed by atoms with Gasteiger partial charge in [-0.1, -0.05) is 30.3 Å². The lowest BCUT2D eigenvalue weighted by atomic mass is 10.0. The van der Waals surface area contributed by atoms with E-state index < -0.39 is 0 Å². The van der Waals surface area contributed by atoms with Crippen molar-refractivity contribution in [3.8, 4) is 0 Å². The lowest BCUT2D eigenvalue weighted by Gasteiger charge is -2.20. The van der Waals surface area contributed by atoms with Gasteiger partial charge in [0.25, 0.3) is 0 Å². The standard InChI is InChI=1S/C18H23N3O/c1-14-19-17(16-9-11-22-13-16)12-18(20-14)21(2)10-8-15-6-4-3-5-7-15/h3-7,12,16H,8-11,13H2,1-2H3/t16-/m0/s1. The van der Waals surface area contributed by atoms with E-state index in [4.69, 9.17) is 4.74 Å². The van der Waals surface area contributed by atoms with Crippen LogP contribution in [0.2, 0.25) is 0 Å². The molecular formula is C18H23N3O. The topological polar surface area (TPSA) is 38.2 Å². The van der Waals surface area contributed by atoms with Crippen LogP contribution in [0.1, 0.15) is 29.4 Å². The number of anilines is 1. The second-order valence-corrected chi connectivity index (χ2v) is 5.92. The number of nitrogens with zero attached hydrogens (tertiary/aromatic N) is 3. The molecular weight excluding hydrogens is 274 g/mol. The Hall–Kier alpha value is -1.94. The fourth-order valence-electron chi connectivity index (χ4n) is 2.80. The molecule has 4 nitrogen and oxygen atoms in total. The highest BCUT2D eigenvalue weighted by atomic mass is 16.5. The number of hydrogen-bond acceptors (Lipinski definition) is 4. The second-order valence-electron chi connectivity index (χ2n) is 5.92. The first-order valence-electron chi connectivity index (χ1n) is 7.91. The fraction of sp³-hybridized carbons (Fsp3) is 0.444. The Balaban J connectivity index is 1.70. The molecule has 1 saturated heterocycles. The van der Waals surface area contributed by atoms with Gasteiger partial charge < -0.3 is 9.64 Å². The Labute approximate surface area is 132 Å². The van der Waals surface area contributed by atoms with E-state index in [-0.39, 0.29) is 0 Å². The molecule has 1 aliphatic rings. The zero-order chi connectivity index (χ0) is 15.4. The van der Waals surface area contributed by atoms with E-state index in [1.54, 1.807) is 0 Å². The highest BCUT2D eigenvalue weighted by molar-refractivity contribution is 5.40. The zero-order valence-corrected chi connectivity index (χ0v) is 13.3. The molecule has 1 aromatic heterocycles. The first-order chi connectivity index (χ1) is 10.7. The highest BCUT2D eigenvalue weighted by Crippen LogP contribution is 2.25. The van der Waals surface area contributed by atoms with Gasteiger partial charge in [-0.2, -0.15) is 0 Å². The van der Waals surface area contributed by atoms with Crippen molar-refractivity contribution in [2.45, 2.75) is 25.7 Å². The Morgan fingerprint density at radius 3 is 2.77 bits per heavy atom. The smallest absolute Gasteiger partial charge is 0.132 e. The molecule has 0 amide bonds. The first kappa shape index (κ1) is 15.0. The minimum atomic E-state index is 0.419. The molecule has 2 aromatic rings. The van der Waals surface area contributed by atoms with Gasteiger partial charge in [-0.3, -0.25) is 0 Å². The molecule has 2 heterocycles. The van der Waals surface area contributed by atoms with Crippen LogP contribution < -0.4 is 4.90 Å². The molecule has 4 heteroatoms. The van der Waals surface area contributed by atoms with Crippen LogP contribution in [0.5, 0.6) is 0 Å². The predicted octanol–water partition coefficient (Wildman–Crippen LogP) is 2.97. The van der Waals surface area contributed by atoms with Crippen molar-refractivity contribution in [1.82, 2.24) is 9.97 Å². The van der Waals surface area contributed by atoms with Gasteiger partial charge in [0.05, 0.1) is 12.3 Å². The number of ether oxygens (including phenoxy) is 1. The van der Waals surface area contributed by atoms with Crippen molar-refractivity contribution >= 4 is 5.82 Å². The third-order valence-electron chi connectivity index (χ3n) is 4.16. The molecule has 0 bridgehead atoms. The van der Waals surface area contributed by atoms with E-state index in [9.17, 15) is 0 Å². The van der Waals surface area contributed by atoms with E-state index >= 15 is 0 Å². The van der Waals surface area contributed by atoms with Gasteiger partial charge in [0.1, 0.15) is 11.6 Å². The Bertz CT molecular complexity index is 609. The molecule has 0 N–H and O–H groups in total. The fourth-order valence-corrected chi connectivity index (χ4v) is 2.80. The molecule has 116 valence electrons. The first-order valence-corrected chi connectivity index (χ1v) is 7.91. The number of hydrogen-bond donors (Lipinski definition) is 0. The zero-order valence-electron chi connectivity index (χ0n) is 13.3. The summed E-state index contributed by atoms with van der Waals surface area (Å²) in [6.45, 7) is 4.53. The predicted molar refractivity (Wildman–Crippen MR) is 88.4 cm³/mol. The van der Waals surface area contributed by atoms with Crippen molar-refractivity contribution in [3.63, 3.8) is 0 Å². The van der Waals surface area contributed by atoms with E-state index in [1.807, 2.05) is 6.92 Å². The maximum absolute atomic E-state index is 5.48. The third kappa shape index (κ3) is 3.63. The molecule has 1 fully saturated rings. The van der Waals surface area contributed by atoms with Crippen LogP contribution in [0, 0.1) is 6.92 Å². The van der Waals surface area contributed by atoms with Crippen molar-refractivity contribution in [2.24, 2.45) is 0 Å². The average molecular weight is 297 g/mol. The minimum Gasteiger partial charge on any atom is -0.381 e.